The molecule has 0 aliphatic heterocycles. The Bertz CT molecular complexity index is 1090. The second-order valence-electron chi connectivity index (χ2n) is 19.2. The summed E-state index contributed by atoms with van der Waals surface area (Å²) in [7, 11) is 5.97. The Kier molecular flexibility index (Phi) is 44.7. The summed E-state index contributed by atoms with van der Waals surface area (Å²) >= 11 is 0. The van der Waals surface area contributed by atoms with Gasteiger partial charge in [0, 0.05) is 12.8 Å². The zero-order valence-corrected chi connectivity index (χ0v) is 42.0. The minimum Gasteiger partial charge on any atom is -0.477 e. The predicted octanol–water partition coefficient (Wildman–Crippen LogP) is 14.8. The number of rotatable bonds is 49. The van der Waals surface area contributed by atoms with Crippen molar-refractivity contribution in [3.63, 3.8) is 0 Å². The molecule has 0 aromatic heterocycles. The minimum absolute atomic E-state index is 0.179. The van der Waals surface area contributed by atoms with Gasteiger partial charge >= 0.3 is 17.9 Å². The minimum atomic E-state index is -1.51. The topological polar surface area (TPSA) is 108 Å². The van der Waals surface area contributed by atoms with E-state index in [9.17, 15) is 19.5 Å². The van der Waals surface area contributed by atoms with E-state index in [1.165, 1.54) is 167 Å². The SMILES string of the molecule is CCCCCCC/C=C\C/C=C\CCCCCCCCCCCC(=O)OC(COC(=O)CCCCCCCCCCCCCCCCCCC)COC(OCC[N+](C)(C)C)C(=O)O. The van der Waals surface area contributed by atoms with E-state index >= 15 is 0 Å². The molecule has 0 aliphatic rings. The van der Waals surface area contributed by atoms with E-state index in [2.05, 4.69) is 38.2 Å². The smallest absolute Gasteiger partial charge is 0.361 e. The number of carbonyl (C=O) groups excluding carboxylic acids is 2. The fraction of sp³-hybridized carbons (Fsp3) is 0.870. The molecule has 1 N–H and O–H groups in total. The van der Waals surface area contributed by atoms with E-state index in [4.69, 9.17) is 18.9 Å². The maximum absolute atomic E-state index is 12.8. The van der Waals surface area contributed by atoms with Crippen LogP contribution in [-0.4, -0.2) is 87.4 Å². The van der Waals surface area contributed by atoms with Crippen LogP contribution in [0.1, 0.15) is 245 Å². The fourth-order valence-corrected chi connectivity index (χ4v) is 7.57. The molecule has 0 saturated carbocycles. The normalized spacial score (nSPS) is 13.0. The van der Waals surface area contributed by atoms with Gasteiger partial charge in [-0.1, -0.05) is 212 Å². The Labute approximate surface area is 388 Å². The summed E-state index contributed by atoms with van der Waals surface area (Å²) in [4.78, 5) is 37.3. The maximum atomic E-state index is 12.8. The molecule has 0 amide bonds. The Morgan fingerprint density at radius 2 is 0.857 bits per heavy atom. The summed E-state index contributed by atoms with van der Waals surface area (Å²) in [6, 6.07) is 0. The van der Waals surface area contributed by atoms with Crippen molar-refractivity contribution in [3.8, 4) is 0 Å². The molecule has 0 rings (SSSR count). The van der Waals surface area contributed by atoms with E-state index in [-0.39, 0.29) is 32.2 Å². The molecule has 2 atom stereocenters. The molecule has 370 valence electrons. The van der Waals surface area contributed by atoms with Crippen LogP contribution in [0.15, 0.2) is 24.3 Å². The summed E-state index contributed by atoms with van der Waals surface area (Å²) in [6.45, 7) is 4.89. The zero-order chi connectivity index (χ0) is 46.3. The number of carbonyl (C=O) groups is 3. The maximum Gasteiger partial charge on any atom is 0.361 e. The number of ether oxygens (including phenoxy) is 4. The van der Waals surface area contributed by atoms with Crippen LogP contribution >= 0.6 is 0 Å². The molecule has 0 aromatic rings. The van der Waals surface area contributed by atoms with E-state index in [0.717, 1.165) is 51.4 Å². The number of nitrogens with zero attached hydrogens (tertiary/aromatic N) is 1. The average Bonchev–Trinajstić information content (AvgIpc) is 3.24. The molecule has 0 bridgehead atoms. The van der Waals surface area contributed by atoms with Gasteiger partial charge in [0.05, 0.1) is 34.4 Å². The lowest BCUT2D eigenvalue weighted by Crippen LogP contribution is -2.40. The molecule has 2 unspecified atom stereocenters. The molecule has 0 heterocycles. The van der Waals surface area contributed by atoms with Gasteiger partial charge in [-0.05, 0) is 44.9 Å². The summed E-state index contributed by atoms with van der Waals surface area (Å²) < 4.78 is 22.8. The fourth-order valence-electron chi connectivity index (χ4n) is 7.57. The van der Waals surface area contributed by atoms with Gasteiger partial charge in [-0.3, -0.25) is 9.59 Å². The van der Waals surface area contributed by atoms with Crippen molar-refractivity contribution in [3.05, 3.63) is 24.3 Å². The van der Waals surface area contributed by atoms with Gasteiger partial charge in [0.15, 0.2) is 6.10 Å². The monoisotopic (exact) mass is 893 g/mol. The third kappa shape index (κ3) is 47.5. The summed E-state index contributed by atoms with van der Waals surface area (Å²) in [5, 5.41) is 9.67. The number of carboxylic acid groups (broad SMARTS) is 1. The van der Waals surface area contributed by atoms with Gasteiger partial charge in [-0.2, -0.15) is 0 Å². The van der Waals surface area contributed by atoms with Gasteiger partial charge in [0.25, 0.3) is 6.29 Å². The largest absolute Gasteiger partial charge is 0.477 e. The summed E-state index contributed by atoms with van der Waals surface area (Å²) in [5.74, 6) is -2.00. The van der Waals surface area contributed by atoms with Gasteiger partial charge in [-0.25, -0.2) is 4.79 Å². The van der Waals surface area contributed by atoms with Crippen molar-refractivity contribution in [2.24, 2.45) is 0 Å². The van der Waals surface area contributed by atoms with Crippen molar-refractivity contribution in [1.82, 2.24) is 0 Å². The molecule has 9 nitrogen and oxygen atoms in total. The second kappa shape index (κ2) is 46.3. The van der Waals surface area contributed by atoms with Crippen LogP contribution < -0.4 is 0 Å². The lowest BCUT2D eigenvalue weighted by atomic mass is 10.0. The van der Waals surface area contributed by atoms with Gasteiger partial charge in [0.2, 0.25) is 0 Å². The Balaban J connectivity index is 4.31. The second-order valence-corrected chi connectivity index (χ2v) is 19.2. The van der Waals surface area contributed by atoms with Crippen LogP contribution in [0.2, 0.25) is 0 Å². The first kappa shape index (κ1) is 60.8. The first-order valence-corrected chi connectivity index (χ1v) is 26.5. The first-order chi connectivity index (χ1) is 30.6. The van der Waals surface area contributed by atoms with Crippen molar-refractivity contribution >= 4 is 17.9 Å². The lowest BCUT2D eigenvalue weighted by Gasteiger charge is -2.25. The number of unbranched alkanes of at least 4 members (excludes halogenated alkanes) is 30. The van der Waals surface area contributed by atoms with Gasteiger partial charge in [-0.15, -0.1) is 0 Å². The van der Waals surface area contributed by atoms with E-state index in [1.807, 2.05) is 21.1 Å². The standard InChI is InChI=1S/C54H101NO8/c1-6-8-10-12-14-16-18-20-22-24-25-26-27-29-31-33-35-37-39-41-43-45-52(57)63-50(49-62-54(53(58)59)60-47-46-55(3,4)5)48-61-51(56)44-42-40-38-36-34-32-30-28-23-21-19-17-15-13-11-9-7-2/h18,20,24-25,50,54H,6-17,19,21-23,26-49H2,1-5H3/p+1/b20-18-,25-24-. The Morgan fingerprint density at radius 3 is 1.25 bits per heavy atom. The number of hydrogen-bond acceptors (Lipinski definition) is 7. The van der Waals surface area contributed by atoms with Crippen LogP contribution in [0.4, 0.5) is 0 Å². The molecule has 0 fully saturated rings. The molecule has 0 radical (unpaired) electrons. The quantitative estimate of drug-likeness (QED) is 0.0211. The molecule has 9 heteroatoms. The summed E-state index contributed by atoms with van der Waals surface area (Å²) in [5.41, 5.74) is 0. The van der Waals surface area contributed by atoms with E-state index in [1.54, 1.807) is 0 Å². The Hall–Kier alpha value is -2.23. The van der Waals surface area contributed by atoms with Gasteiger partial charge < -0.3 is 28.5 Å². The number of aliphatic carboxylic acids is 1. The molecular formula is C54H102NO8+. The van der Waals surface area contributed by atoms with E-state index in [0.29, 0.717) is 17.4 Å². The molecule has 63 heavy (non-hydrogen) atoms. The van der Waals surface area contributed by atoms with Crippen molar-refractivity contribution < 1.29 is 42.9 Å². The molecule has 0 saturated heterocycles. The Morgan fingerprint density at radius 1 is 0.476 bits per heavy atom. The summed E-state index contributed by atoms with van der Waals surface area (Å²) in [6.07, 6.45) is 49.5. The third-order valence-corrected chi connectivity index (χ3v) is 11.7. The number of allylic oxidation sites excluding steroid dienone is 4. The molecule has 0 spiro atoms. The van der Waals surface area contributed by atoms with Crippen LogP contribution in [0.25, 0.3) is 0 Å². The number of carboxylic acids is 1. The number of hydrogen-bond donors (Lipinski definition) is 1. The number of esters is 2. The molecular weight excluding hydrogens is 791 g/mol. The lowest BCUT2D eigenvalue weighted by molar-refractivity contribution is -0.870. The first-order valence-electron chi connectivity index (χ1n) is 26.5. The zero-order valence-electron chi connectivity index (χ0n) is 42.0. The predicted molar refractivity (Wildman–Crippen MR) is 263 cm³/mol. The highest BCUT2D eigenvalue weighted by Gasteiger charge is 2.25. The highest BCUT2D eigenvalue weighted by atomic mass is 16.7. The average molecular weight is 893 g/mol. The van der Waals surface area contributed by atoms with Crippen LogP contribution in [0.3, 0.4) is 0 Å². The van der Waals surface area contributed by atoms with Crippen molar-refractivity contribution in [2.45, 2.75) is 257 Å². The van der Waals surface area contributed by atoms with Gasteiger partial charge in [0.1, 0.15) is 13.2 Å². The van der Waals surface area contributed by atoms with Crippen molar-refractivity contribution in [1.29, 1.82) is 0 Å². The van der Waals surface area contributed by atoms with Crippen LogP contribution in [-0.2, 0) is 33.3 Å². The van der Waals surface area contributed by atoms with Crippen molar-refractivity contribution in [2.75, 3.05) is 47.5 Å². The van der Waals surface area contributed by atoms with E-state index < -0.39 is 24.3 Å². The van der Waals surface area contributed by atoms with Crippen LogP contribution in [0.5, 0.6) is 0 Å². The third-order valence-electron chi connectivity index (χ3n) is 11.7. The van der Waals surface area contributed by atoms with Crippen LogP contribution in [0, 0.1) is 0 Å². The highest BCUT2D eigenvalue weighted by Crippen LogP contribution is 2.16. The highest BCUT2D eigenvalue weighted by molar-refractivity contribution is 5.71. The molecule has 0 aliphatic carbocycles. The molecule has 0 aromatic carbocycles. The number of quaternary nitrogens is 1. The number of likely N-dealkylation sites (N-methyl/N-ethyl adjacent to an activating group) is 1.